The van der Waals surface area contributed by atoms with E-state index in [1.54, 1.807) is 6.07 Å². The molecule has 0 saturated carbocycles. The number of aromatic nitrogens is 1. The minimum Gasteiger partial charge on any atom is -0.363 e. The van der Waals surface area contributed by atoms with Crippen LogP contribution in [0.4, 0.5) is 5.82 Å². The zero-order chi connectivity index (χ0) is 15.2. The second-order valence-corrected chi connectivity index (χ2v) is 5.01. The Bertz CT molecular complexity index is 670. The number of carbonyl (C=O) groups excluding carboxylic acids is 1. The molecule has 1 heterocycles. The summed E-state index contributed by atoms with van der Waals surface area (Å²) in [5, 5.41) is 6.45. The first-order valence-electron chi connectivity index (χ1n) is 7.13. The molecule has 0 unspecified atom stereocenters. The van der Waals surface area contributed by atoms with Gasteiger partial charge < -0.3 is 9.84 Å². The summed E-state index contributed by atoms with van der Waals surface area (Å²) in [5.74, 6) is 0.353. The average molecular weight is 292 g/mol. The van der Waals surface area contributed by atoms with Crippen molar-refractivity contribution in [1.29, 1.82) is 0 Å². The van der Waals surface area contributed by atoms with Gasteiger partial charge in [-0.3, -0.25) is 4.79 Å². The summed E-state index contributed by atoms with van der Waals surface area (Å²) >= 11 is 0. The number of amides is 1. The van der Waals surface area contributed by atoms with E-state index in [-0.39, 0.29) is 11.8 Å². The molecule has 4 heteroatoms. The van der Waals surface area contributed by atoms with E-state index >= 15 is 0 Å². The van der Waals surface area contributed by atoms with E-state index in [1.807, 2.05) is 60.7 Å². The molecule has 0 spiro atoms. The number of hydrogen-bond donors (Lipinski definition) is 1. The highest BCUT2D eigenvalue weighted by Gasteiger charge is 2.18. The summed E-state index contributed by atoms with van der Waals surface area (Å²) in [6, 6.07) is 21.7. The van der Waals surface area contributed by atoms with Gasteiger partial charge in [0.15, 0.2) is 5.82 Å². The van der Waals surface area contributed by atoms with Crippen molar-refractivity contribution >= 4 is 11.7 Å². The van der Waals surface area contributed by atoms with Gasteiger partial charge >= 0.3 is 0 Å². The summed E-state index contributed by atoms with van der Waals surface area (Å²) in [5.41, 5.74) is 2.23. The zero-order valence-corrected chi connectivity index (χ0v) is 12.0. The number of rotatable bonds is 5. The standard InChI is InChI=1S/C18H16N2O2/c21-18(19-17-11-12-22-20-17)13-16(14-7-3-1-4-8-14)15-9-5-2-6-10-15/h1-12,16H,13H2,(H,19,20,21). The van der Waals surface area contributed by atoms with Gasteiger partial charge in [-0.05, 0) is 11.1 Å². The van der Waals surface area contributed by atoms with Gasteiger partial charge in [0.1, 0.15) is 6.26 Å². The largest absolute Gasteiger partial charge is 0.363 e. The van der Waals surface area contributed by atoms with Crippen molar-refractivity contribution in [3.8, 4) is 0 Å². The first-order valence-corrected chi connectivity index (χ1v) is 7.13. The lowest BCUT2D eigenvalue weighted by Crippen LogP contribution is -2.16. The minimum atomic E-state index is -0.0911. The molecule has 0 aliphatic heterocycles. The van der Waals surface area contributed by atoms with Crippen LogP contribution in [0.2, 0.25) is 0 Å². The SMILES string of the molecule is O=C(CC(c1ccccc1)c1ccccc1)Nc1ccon1. The van der Waals surface area contributed by atoms with Crippen molar-refractivity contribution < 1.29 is 9.32 Å². The number of hydrogen-bond acceptors (Lipinski definition) is 3. The Morgan fingerprint density at radius 1 is 0.955 bits per heavy atom. The number of benzene rings is 2. The number of anilines is 1. The molecule has 0 atom stereocenters. The summed E-state index contributed by atoms with van der Waals surface area (Å²) in [7, 11) is 0. The zero-order valence-electron chi connectivity index (χ0n) is 12.0. The van der Waals surface area contributed by atoms with Gasteiger partial charge in [0.2, 0.25) is 5.91 Å². The fourth-order valence-electron chi connectivity index (χ4n) is 2.46. The third-order valence-electron chi connectivity index (χ3n) is 3.50. The first-order chi connectivity index (χ1) is 10.8. The number of nitrogens with zero attached hydrogens (tertiary/aromatic N) is 1. The smallest absolute Gasteiger partial charge is 0.226 e. The molecule has 0 saturated heterocycles. The van der Waals surface area contributed by atoms with Crippen molar-refractivity contribution in [3.63, 3.8) is 0 Å². The van der Waals surface area contributed by atoms with E-state index in [2.05, 4.69) is 10.5 Å². The second-order valence-electron chi connectivity index (χ2n) is 5.01. The van der Waals surface area contributed by atoms with Crippen molar-refractivity contribution in [2.45, 2.75) is 12.3 Å². The predicted molar refractivity (Wildman–Crippen MR) is 84.5 cm³/mol. The highest BCUT2D eigenvalue weighted by Crippen LogP contribution is 2.28. The molecular weight excluding hydrogens is 276 g/mol. The second kappa shape index (κ2) is 6.72. The van der Waals surface area contributed by atoms with Crippen LogP contribution in [-0.4, -0.2) is 11.1 Å². The average Bonchev–Trinajstić information content (AvgIpc) is 3.07. The van der Waals surface area contributed by atoms with Crippen molar-refractivity contribution in [3.05, 3.63) is 84.1 Å². The fourth-order valence-corrected chi connectivity index (χ4v) is 2.46. The van der Waals surface area contributed by atoms with Crippen molar-refractivity contribution in [2.75, 3.05) is 5.32 Å². The van der Waals surface area contributed by atoms with Crippen LogP contribution in [-0.2, 0) is 4.79 Å². The van der Waals surface area contributed by atoms with E-state index in [0.717, 1.165) is 11.1 Å². The lowest BCUT2D eigenvalue weighted by atomic mass is 9.88. The molecule has 0 fully saturated rings. The monoisotopic (exact) mass is 292 g/mol. The molecule has 3 rings (SSSR count). The van der Waals surface area contributed by atoms with Crippen LogP contribution >= 0.6 is 0 Å². The molecule has 0 aliphatic rings. The van der Waals surface area contributed by atoms with Crippen molar-refractivity contribution in [1.82, 2.24) is 5.16 Å². The molecule has 1 amide bonds. The lowest BCUT2D eigenvalue weighted by molar-refractivity contribution is -0.116. The molecule has 0 aliphatic carbocycles. The van der Waals surface area contributed by atoms with Crippen LogP contribution < -0.4 is 5.32 Å². The Morgan fingerprint density at radius 3 is 2.05 bits per heavy atom. The minimum absolute atomic E-state index is 0.00861. The van der Waals surface area contributed by atoms with E-state index in [9.17, 15) is 4.79 Å². The highest BCUT2D eigenvalue weighted by atomic mass is 16.5. The third-order valence-corrected chi connectivity index (χ3v) is 3.50. The van der Waals surface area contributed by atoms with Gasteiger partial charge in [-0.1, -0.05) is 65.8 Å². The fraction of sp³-hybridized carbons (Fsp3) is 0.111. The van der Waals surface area contributed by atoms with Crippen LogP contribution in [0, 0.1) is 0 Å². The Balaban J connectivity index is 1.81. The lowest BCUT2D eigenvalue weighted by Gasteiger charge is -2.17. The van der Waals surface area contributed by atoms with E-state index < -0.39 is 0 Å². The van der Waals surface area contributed by atoms with Crippen LogP contribution in [0.5, 0.6) is 0 Å². The van der Waals surface area contributed by atoms with Gasteiger partial charge in [-0.15, -0.1) is 0 Å². The van der Waals surface area contributed by atoms with Crippen LogP contribution in [0.3, 0.4) is 0 Å². The van der Waals surface area contributed by atoms with Gasteiger partial charge in [0, 0.05) is 18.4 Å². The maximum absolute atomic E-state index is 12.3. The quantitative estimate of drug-likeness (QED) is 0.777. The Labute approximate surface area is 128 Å². The number of carbonyl (C=O) groups is 1. The van der Waals surface area contributed by atoms with E-state index in [0.29, 0.717) is 12.2 Å². The first kappa shape index (κ1) is 14.1. The third kappa shape index (κ3) is 3.41. The summed E-state index contributed by atoms with van der Waals surface area (Å²) in [6.45, 7) is 0. The Kier molecular flexibility index (Phi) is 4.30. The van der Waals surface area contributed by atoms with Crippen LogP contribution in [0.15, 0.2) is 77.5 Å². The molecule has 110 valence electrons. The molecule has 2 aromatic carbocycles. The van der Waals surface area contributed by atoms with Gasteiger partial charge in [0.25, 0.3) is 0 Å². The molecule has 3 aromatic rings. The van der Waals surface area contributed by atoms with E-state index in [4.69, 9.17) is 4.52 Å². The highest BCUT2D eigenvalue weighted by molar-refractivity contribution is 5.90. The van der Waals surface area contributed by atoms with Crippen molar-refractivity contribution in [2.24, 2.45) is 0 Å². The molecular formula is C18H16N2O2. The number of nitrogens with one attached hydrogen (secondary N) is 1. The molecule has 0 bridgehead atoms. The van der Waals surface area contributed by atoms with Crippen LogP contribution in [0.1, 0.15) is 23.5 Å². The molecule has 1 N–H and O–H groups in total. The summed E-state index contributed by atoms with van der Waals surface area (Å²) in [4.78, 5) is 12.3. The molecule has 4 nitrogen and oxygen atoms in total. The van der Waals surface area contributed by atoms with Gasteiger partial charge in [0.05, 0.1) is 0 Å². The molecule has 0 radical (unpaired) electrons. The molecule has 22 heavy (non-hydrogen) atoms. The topological polar surface area (TPSA) is 55.1 Å². The Hall–Kier alpha value is -2.88. The molecule has 1 aromatic heterocycles. The maximum Gasteiger partial charge on any atom is 0.226 e. The van der Waals surface area contributed by atoms with Gasteiger partial charge in [-0.25, -0.2) is 0 Å². The summed E-state index contributed by atoms with van der Waals surface area (Å²) < 4.78 is 4.72. The Morgan fingerprint density at radius 2 is 1.55 bits per heavy atom. The summed E-state index contributed by atoms with van der Waals surface area (Å²) in [6.07, 6.45) is 1.78. The van der Waals surface area contributed by atoms with Gasteiger partial charge in [-0.2, -0.15) is 0 Å². The van der Waals surface area contributed by atoms with Crippen LogP contribution in [0.25, 0.3) is 0 Å². The normalized spacial score (nSPS) is 10.6. The van der Waals surface area contributed by atoms with E-state index in [1.165, 1.54) is 6.26 Å². The predicted octanol–water partition coefficient (Wildman–Crippen LogP) is 3.84. The maximum atomic E-state index is 12.3.